The van der Waals surface area contributed by atoms with Crippen molar-refractivity contribution in [2.75, 3.05) is 0 Å². The predicted molar refractivity (Wildman–Crippen MR) is 134 cm³/mol. The Morgan fingerprint density at radius 3 is 2.32 bits per heavy atom. The van der Waals surface area contributed by atoms with Gasteiger partial charge in [-0.05, 0) is 77.9 Å². The second kappa shape index (κ2) is 10.2. The number of carbonyl (C=O) groups is 1. The maximum absolute atomic E-state index is 12.0. The Labute approximate surface area is 199 Å². The average molecular weight is 451 g/mol. The van der Waals surface area contributed by atoms with Crippen molar-refractivity contribution >= 4 is 5.97 Å². The lowest BCUT2D eigenvalue weighted by Gasteiger charge is -2.23. The minimum absolute atomic E-state index is 0.0457. The lowest BCUT2D eigenvalue weighted by atomic mass is 9.82. The molecule has 0 amide bonds. The first-order valence-electron chi connectivity index (χ1n) is 11.2. The van der Waals surface area contributed by atoms with Gasteiger partial charge in [0.05, 0.1) is 5.56 Å². The number of aromatic carboxylic acids is 1. The number of hydrogen-bond acceptors (Lipinski definition) is 4. The minimum Gasteiger partial charge on any atom is -0.478 e. The van der Waals surface area contributed by atoms with Gasteiger partial charge in [0, 0.05) is 17.8 Å². The smallest absolute Gasteiger partial charge is 0.335 e. The predicted octanol–water partition coefficient (Wildman–Crippen LogP) is 7.09. The molecule has 2 unspecified atom stereocenters. The van der Waals surface area contributed by atoms with Gasteiger partial charge in [-0.25, -0.2) is 4.79 Å². The van der Waals surface area contributed by atoms with Crippen LogP contribution in [0, 0.1) is 18.8 Å². The highest BCUT2D eigenvalue weighted by Crippen LogP contribution is 2.38. The van der Waals surface area contributed by atoms with E-state index in [1.165, 1.54) is 0 Å². The SMILES string of the molecule is Cc1cc(C(CC(c2cccc(-c3ccc(C(=O)O)cc3)c2)c2ccccc2C)N=O)ccn1. The average Bonchev–Trinajstić information content (AvgIpc) is 2.85. The topological polar surface area (TPSA) is 79.6 Å². The van der Waals surface area contributed by atoms with Crippen LogP contribution in [0.25, 0.3) is 11.1 Å². The molecule has 0 aliphatic heterocycles. The standard InChI is InChI=1S/C29H26N2O3/c1-19-6-3-4-9-26(19)27(18-28(31-34)25-14-15-30-20(2)16-25)24-8-5-7-23(17-24)21-10-12-22(13-11-21)29(32)33/h3-17,27-28H,18H2,1-2H3,(H,32,33). The van der Waals surface area contributed by atoms with Crippen LogP contribution >= 0.6 is 0 Å². The van der Waals surface area contributed by atoms with E-state index in [-0.39, 0.29) is 11.5 Å². The molecule has 170 valence electrons. The third-order valence-corrected chi connectivity index (χ3v) is 6.21. The minimum atomic E-state index is -0.946. The summed E-state index contributed by atoms with van der Waals surface area (Å²) in [5, 5.41) is 12.7. The van der Waals surface area contributed by atoms with Crippen LogP contribution in [-0.4, -0.2) is 16.1 Å². The molecule has 5 heteroatoms. The molecule has 0 saturated heterocycles. The van der Waals surface area contributed by atoms with Gasteiger partial charge in [0.1, 0.15) is 6.04 Å². The molecule has 0 spiro atoms. The lowest BCUT2D eigenvalue weighted by molar-refractivity contribution is 0.0697. The molecular formula is C29H26N2O3. The summed E-state index contributed by atoms with van der Waals surface area (Å²) in [5.74, 6) is -0.991. The number of carboxylic acids is 1. The van der Waals surface area contributed by atoms with Gasteiger partial charge in [-0.3, -0.25) is 4.98 Å². The zero-order valence-electron chi connectivity index (χ0n) is 19.2. The molecule has 4 aromatic rings. The molecule has 2 atom stereocenters. The monoisotopic (exact) mass is 450 g/mol. The quantitative estimate of drug-likeness (QED) is 0.291. The van der Waals surface area contributed by atoms with E-state index in [0.29, 0.717) is 6.42 Å². The second-order valence-electron chi connectivity index (χ2n) is 8.50. The Hall–Kier alpha value is -4.12. The van der Waals surface area contributed by atoms with Crippen molar-refractivity contribution < 1.29 is 9.90 Å². The van der Waals surface area contributed by atoms with Gasteiger partial charge in [0.2, 0.25) is 0 Å². The first-order chi connectivity index (χ1) is 16.5. The summed E-state index contributed by atoms with van der Waals surface area (Å²) in [5.41, 5.74) is 7.28. The van der Waals surface area contributed by atoms with Crippen LogP contribution in [0.4, 0.5) is 0 Å². The molecule has 0 saturated carbocycles. The highest BCUT2D eigenvalue weighted by atomic mass is 16.4. The van der Waals surface area contributed by atoms with Crippen LogP contribution in [0.2, 0.25) is 0 Å². The summed E-state index contributed by atoms with van der Waals surface area (Å²) >= 11 is 0. The summed E-state index contributed by atoms with van der Waals surface area (Å²) < 4.78 is 0. The summed E-state index contributed by atoms with van der Waals surface area (Å²) in [4.78, 5) is 27.4. The van der Waals surface area contributed by atoms with Crippen molar-refractivity contribution in [2.24, 2.45) is 5.18 Å². The summed E-state index contributed by atoms with van der Waals surface area (Å²) in [6.07, 6.45) is 2.24. The van der Waals surface area contributed by atoms with Crippen molar-refractivity contribution in [3.05, 3.63) is 130 Å². The van der Waals surface area contributed by atoms with E-state index >= 15 is 0 Å². The first kappa shape index (κ1) is 23.1. The van der Waals surface area contributed by atoms with Crippen LogP contribution in [0.5, 0.6) is 0 Å². The third kappa shape index (κ3) is 5.09. The maximum atomic E-state index is 12.0. The van der Waals surface area contributed by atoms with Crippen LogP contribution < -0.4 is 0 Å². The van der Waals surface area contributed by atoms with Gasteiger partial charge in [-0.2, -0.15) is 4.91 Å². The Balaban J connectivity index is 1.75. The van der Waals surface area contributed by atoms with Crippen molar-refractivity contribution in [2.45, 2.75) is 32.2 Å². The molecular weight excluding hydrogens is 424 g/mol. The van der Waals surface area contributed by atoms with Crippen molar-refractivity contribution in [1.29, 1.82) is 0 Å². The number of benzene rings is 3. The number of pyridine rings is 1. The molecule has 0 radical (unpaired) electrons. The fraction of sp³-hybridized carbons (Fsp3) is 0.172. The van der Waals surface area contributed by atoms with Gasteiger partial charge in [-0.1, -0.05) is 65.8 Å². The van der Waals surface area contributed by atoms with Crippen molar-refractivity contribution in [1.82, 2.24) is 4.98 Å². The van der Waals surface area contributed by atoms with Gasteiger partial charge in [0.25, 0.3) is 0 Å². The van der Waals surface area contributed by atoms with Crippen LogP contribution in [0.1, 0.15) is 56.7 Å². The Morgan fingerprint density at radius 2 is 1.65 bits per heavy atom. The van der Waals surface area contributed by atoms with E-state index in [1.54, 1.807) is 18.3 Å². The van der Waals surface area contributed by atoms with Gasteiger partial charge >= 0.3 is 5.97 Å². The molecule has 5 nitrogen and oxygen atoms in total. The molecule has 1 aromatic heterocycles. The van der Waals surface area contributed by atoms with Crippen molar-refractivity contribution in [3.63, 3.8) is 0 Å². The van der Waals surface area contributed by atoms with E-state index in [9.17, 15) is 14.8 Å². The summed E-state index contributed by atoms with van der Waals surface area (Å²) in [7, 11) is 0. The number of hydrogen-bond donors (Lipinski definition) is 1. The van der Waals surface area contributed by atoms with Crippen LogP contribution in [0.3, 0.4) is 0 Å². The zero-order valence-corrected chi connectivity index (χ0v) is 19.2. The largest absolute Gasteiger partial charge is 0.478 e. The van der Waals surface area contributed by atoms with Gasteiger partial charge in [-0.15, -0.1) is 0 Å². The van der Waals surface area contributed by atoms with Crippen molar-refractivity contribution in [3.8, 4) is 11.1 Å². The van der Waals surface area contributed by atoms with E-state index < -0.39 is 12.0 Å². The molecule has 3 aromatic carbocycles. The van der Waals surface area contributed by atoms with Gasteiger partial charge < -0.3 is 5.11 Å². The first-order valence-corrected chi connectivity index (χ1v) is 11.2. The number of rotatable bonds is 8. The van der Waals surface area contributed by atoms with Crippen LogP contribution in [-0.2, 0) is 0 Å². The Kier molecular flexibility index (Phi) is 6.93. The molecule has 1 heterocycles. The van der Waals surface area contributed by atoms with Gasteiger partial charge in [0.15, 0.2) is 0 Å². The maximum Gasteiger partial charge on any atom is 0.335 e. The van der Waals surface area contributed by atoms with Crippen LogP contribution in [0.15, 0.2) is 96.3 Å². The molecule has 34 heavy (non-hydrogen) atoms. The summed E-state index contributed by atoms with van der Waals surface area (Å²) in [6, 6.07) is 26.5. The van der Waals surface area contributed by atoms with E-state index in [0.717, 1.165) is 39.1 Å². The lowest BCUT2D eigenvalue weighted by Crippen LogP contribution is -2.09. The molecule has 4 rings (SSSR count). The van der Waals surface area contributed by atoms with E-state index in [1.807, 2.05) is 55.5 Å². The molecule has 0 aliphatic carbocycles. The third-order valence-electron chi connectivity index (χ3n) is 6.21. The second-order valence-corrected chi connectivity index (χ2v) is 8.50. The number of aromatic nitrogens is 1. The fourth-order valence-electron chi connectivity index (χ4n) is 4.40. The fourth-order valence-corrected chi connectivity index (χ4v) is 4.40. The number of nitroso groups, excluding NO2 is 1. The molecule has 1 N–H and O–H groups in total. The highest BCUT2D eigenvalue weighted by Gasteiger charge is 2.24. The molecule has 0 fully saturated rings. The number of aryl methyl sites for hydroxylation is 2. The summed E-state index contributed by atoms with van der Waals surface area (Å²) in [6.45, 7) is 3.99. The number of nitrogens with zero attached hydrogens (tertiary/aromatic N) is 2. The number of carboxylic acid groups (broad SMARTS) is 1. The zero-order chi connectivity index (χ0) is 24.1. The molecule has 0 aliphatic rings. The normalized spacial score (nSPS) is 12.6. The Bertz CT molecular complexity index is 1320. The molecule has 0 bridgehead atoms. The van der Waals surface area contributed by atoms with E-state index in [2.05, 4.69) is 41.4 Å². The highest BCUT2D eigenvalue weighted by molar-refractivity contribution is 5.88. The Morgan fingerprint density at radius 1 is 0.882 bits per heavy atom. The van der Waals surface area contributed by atoms with E-state index in [4.69, 9.17) is 0 Å².